The maximum absolute atomic E-state index is 13.2. The van der Waals surface area contributed by atoms with E-state index in [4.69, 9.17) is 16.6 Å². The van der Waals surface area contributed by atoms with Gasteiger partial charge in [-0.25, -0.2) is 9.97 Å². The second kappa shape index (κ2) is 9.22. The van der Waals surface area contributed by atoms with Crippen molar-refractivity contribution in [1.29, 1.82) is 0 Å². The number of hydrazone groups is 1. The first-order chi connectivity index (χ1) is 14.9. The lowest BCUT2D eigenvalue weighted by molar-refractivity contribution is -0.132. The van der Waals surface area contributed by atoms with E-state index in [1.807, 2.05) is 66.3 Å². The monoisotopic (exact) mass is 440 g/mol. The maximum Gasteiger partial charge on any atom is 0.225 e. The number of carbonyl (C=O) groups is 1. The molecule has 1 fully saturated rings. The van der Waals surface area contributed by atoms with Crippen molar-refractivity contribution in [3.8, 4) is 11.1 Å². The molecule has 1 saturated heterocycles. The summed E-state index contributed by atoms with van der Waals surface area (Å²) in [5, 5.41) is 7.17. The van der Waals surface area contributed by atoms with Crippen LogP contribution in [-0.2, 0) is 4.79 Å². The summed E-state index contributed by atoms with van der Waals surface area (Å²) in [6, 6.07) is 7.66. The van der Waals surface area contributed by atoms with Gasteiger partial charge in [-0.15, -0.1) is 0 Å². The van der Waals surface area contributed by atoms with Gasteiger partial charge in [0.15, 0.2) is 0 Å². The standard InChI is InChI=1S/C23H29ClN6O/c1-16-9-12-29(27-16)13-10-21(31)30-11-5-8-20(30)22-19(15-25-23(26-22)28(2)3)17-6-4-7-18(24)14-17/h4,6-7,14-15,20H,5,8-13H2,1-3H3/t20-/m0/s1. The first-order valence-electron chi connectivity index (χ1n) is 10.8. The molecule has 2 aliphatic heterocycles. The summed E-state index contributed by atoms with van der Waals surface area (Å²) < 4.78 is 0. The van der Waals surface area contributed by atoms with E-state index >= 15 is 0 Å². The number of halogens is 1. The number of hydrogen-bond acceptors (Lipinski definition) is 6. The van der Waals surface area contributed by atoms with Crippen LogP contribution in [0.25, 0.3) is 11.1 Å². The molecule has 0 spiro atoms. The average molecular weight is 441 g/mol. The van der Waals surface area contributed by atoms with Gasteiger partial charge in [-0.05, 0) is 37.5 Å². The van der Waals surface area contributed by atoms with Gasteiger partial charge in [-0.3, -0.25) is 9.80 Å². The normalized spacial score (nSPS) is 18.5. The Morgan fingerprint density at radius 1 is 1.29 bits per heavy atom. The molecule has 2 aliphatic rings. The zero-order chi connectivity index (χ0) is 22.0. The minimum absolute atomic E-state index is 0.0630. The van der Waals surface area contributed by atoms with Gasteiger partial charge >= 0.3 is 0 Å². The number of likely N-dealkylation sites (tertiary alicyclic amines) is 1. The highest BCUT2D eigenvalue weighted by Gasteiger charge is 2.33. The number of amides is 1. The van der Waals surface area contributed by atoms with Gasteiger partial charge in [0.05, 0.1) is 11.7 Å². The molecule has 1 aromatic carbocycles. The van der Waals surface area contributed by atoms with E-state index in [0.29, 0.717) is 23.9 Å². The number of carbonyl (C=O) groups excluding carboxylic acids is 1. The van der Waals surface area contributed by atoms with Crippen molar-refractivity contribution in [3.05, 3.63) is 41.2 Å². The van der Waals surface area contributed by atoms with Gasteiger partial charge in [-0.2, -0.15) is 5.10 Å². The van der Waals surface area contributed by atoms with Crippen molar-refractivity contribution in [1.82, 2.24) is 19.9 Å². The number of rotatable bonds is 6. The first-order valence-corrected chi connectivity index (χ1v) is 11.2. The average Bonchev–Trinajstić information content (AvgIpc) is 3.40. The molecular weight excluding hydrogens is 412 g/mol. The van der Waals surface area contributed by atoms with Crippen LogP contribution < -0.4 is 4.90 Å². The van der Waals surface area contributed by atoms with E-state index in [-0.39, 0.29) is 11.9 Å². The van der Waals surface area contributed by atoms with Crippen molar-refractivity contribution >= 4 is 29.2 Å². The molecule has 0 bridgehead atoms. The Morgan fingerprint density at radius 2 is 2.13 bits per heavy atom. The molecular formula is C23H29ClN6O. The topological polar surface area (TPSA) is 64.9 Å². The van der Waals surface area contributed by atoms with Crippen molar-refractivity contribution in [2.45, 2.75) is 38.6 Å². The smallest absolute Gasteiger partial charge is 0.225 e. The van der Waals surface area contributed by atoms with Crippen LogP contribution in [0.2, 0.25) is 5.02 Å². The van der Waals surface area contributed by atoms with E-state index in [1.165, 1.54) is 0 Å². The molecule has 31 heavy (non-hydrogen) atoms. The van der Waals surface area contributed by atoms with E-state index in [9.17, 15) is 4.79 Å². The lowest BCUT2D eigenvalue weighted by atomic mass is 9.99. The van der Waals surface area contributed by atoms with Crippen LogP contribution in [-0.4, -0.2) is 65.2 Å². The third-order valence-electron chi connectivity index (χ3n) is 5.86. The molecule has 8 heteroatoms. The highest BCUT2D eigenvalue weighted by Crippen LogP contribution is 2.38. The minimum Gasteiger partial charge on any atom is -0.347 e. The van der Waals surface area contributed by atoms with Crippen LogP contribution in [0.15, 0.2) is 35.6 Å². The predicted molar refractivity (Wildman–Crippen MR) is 124 cm³/mol. The Bertz CT molecular complexity index is 992. The van der Waals surface area contributed by atoms with Crippen LogP contribution in [0.4, 0.5) is 5.95 Å². The molecule has 1 atom stereocenters. The molecule has 4 rings (SSSR count). The third kappa shape index (κ3) is 4.82. The summed E-state index contributed by atoms with van der Waals surface area (Å²) in [5.74, 6) is 0.797. The van der Waals surface area contributed by atoms with Crippen molar-refractivity contribution in [3.63, 3.8) is 0 Å². The Hall–Kier alpha value is -2.67. The van der Waals surface area contributed by atoms with Crippen LogP contribution in [0.3, 0.4) is 0 Å². The molecule has 0 unspecified atom stereocenters. The van der Waals surface area contributed by atoms with Gasteiger partial charge in [0, 0.05) is 69.1 Å². The minimum atomic E-state index is -0.0630. The third-order valence-corrected chi connectivity index (χ3v) is 6.09. The molecule has 1 aromatic heterocycles. The molecule has 164 valence electrons. The molecule has 7 nitrogen and oxygen atoms in total. The van der Waals surface area contributed by atoms with Gasteiger partial charge < -0.3 is 9.80 Å². The molecule has 0 aliphatic carbocycles. The number of aromatic nitrogens is 2. The predicted octanol–water partition coefficient (Wildman–Crippen LogP) is 4.00. The SMILES string of the molecule is CC1=NN(CCC(=O)N2CCC[C@H]2c2nc(N(C)C)ncc2-c2cccc(Cl)c2)CC1. The van der Waals surface area contributed by atoms with Crippen LogP contribution in [0.1, 0.15) is 44.3 Å². The fourth-order valence-electron chi connectivity index (χ4n) is 4.25. The quantitative estimate of drug-likeness (QED) is 0.679. The maximum atomic E-state index is 13.2. The highest BCUT2D eigenvalue weighted by atomic mass is 35.5. The van der Waals surface area contributed by atoms with Crippen LogP contribution in [0.5, 0.6) is 0 Å². The highest BCUT2D eigenvalue weighted by molar-refractivity contribution is 6.30. The van der Waals surface area contributed by atoms with Crippen molar-refractivity contribution in [2.24, 2.45) is 5.10 Å². The largest absolute Gasteiger partial charge is 0.347 e. The summed E-state index contributed by atoms with van der Waals surface area (Å²) in [4.78, 5) is 26.5. The molecule has 0 N–H and O–H groups in total. The Labute approximate surface area is 188 Å². The van der Waals surface area contributed by atoms with Crippen molar-refractivity contribution in [2.75, 3.05) is 38.6 Å². The summed E-state index contributed by atoms with van der Waals surface area (Å²) in [7, 11) is 3.85. The fourth-order valence-corrected chi connectivity index (χ4v) is 4.44. The van der Waals surface area contributed by atoms with Crippen molar-refractivity contribution < 1.29 is 4.79 Å². The number of hydrogen-bond donors (Lipinski definition) is 0. The zero-order valence-electron chi connectivity index (χ0n) is 18.4. The van der Waals surface area contributed by atoms with Gasteiger partial charge in [0.2, 0.25) is 11.9 Å². The molecule has 0 radical (unpaired) electrons. The molecule has 3 heterocycles. The summed E-state index contributed by atoms with van der Waals surface area (Å²) in [5.41, 5.74) is 3.92. The van der Waals surface area contributed by atoms with Gasteiger partial charge in [0.1, 0.15) is 0 Å². The number of nitrogens with zero attached hydrogens (tertiary/aromatic N) is 6. The first kappa shape index (κ1) is 21.6. The van der Waals surface area contributed by atoms with Crippen LogP contribution >= 0.6 is 11.6 Å². The van der Waals surface area contributed by atoms with Gasteiger partial charge in [-0.1, -0.05) is 23.7 Å². The number of benzene rings is 1. The summed E-state index contributed by atoms with van der Waals surface area (Å²) >= 11 is 6.25. The number of anilines is 1. The Balaban J connectivity index is 1.61. The van der Waals surface area contributed by atoms with E-state index in [0.717, 1.165) is 54.9 Å². The van der Waals surface area contributed by atoms with Crippen LogP contribution in [0, 0.1) is 0 Å². The second-order valence-corrected chi connectivity index (χ2v) is 8.84. The Morgan fingerprint density at radius 3 is 2.84 bits per heavy atom. The second-order valence-electron chi connectivity index (χ2n) is 8.41. The molecule has 2 aromatic rings. The fraction of sp³-hybridized carbons (Fsp3) is 0.478. The van der Waals surface area contributed by atoms with Gasteiger partial charge in [0.25, 0.3) is 0 Å². The summed E-state index contributed by atoms with van der Waals surface area (Å²) in [6.45, 7) is 4.35. The summed E-state index contributed by atoms with van der Waals surface area (Å²) in [6.07, 6.45) is 5.16. The van der Waals surface area contributed by atoms with E-state index < -0.39 is 0 Å². The van der Waals surface area contributed by atoms with E-state index in [2.05, 4.69) is 10.1 Å². The zero-order valence-corrected chi connectivity index (χ0v) is 19.1. The lowest BCUT2D eigenvalue weighted by Crippen LogP contribution is -2.33. The Kier molecular flexibility index (Phi) is 6.41. The van der Waals surface area contributed by atoms with E-state index in [1.54, 1.807) is 0 Å². The molecule has 0 saturated carbocycles. The lowest BCUT2D eigenvalue weighted by Gasteiger charge is -2.27. The molecule has 1 amide bonds.